The number of ether oxygens (including phenoxy) is 2. The van der Waals surface area contributed by atoms with Gasteiger partial charge in [0, 0.05) is 11.1 Å². The van der Waals surface area contributed by atoms with Crippen molar-refractivity contribution in [3.63, 3.8) is 0 Å². The first-order valence-electron chi connectivity index (χ1n) is 9.90. The molecule has 0 aromatic heterocycles. The van der Waals surface area contributed by atoms with Gasteiger partial charge in [0.15, 0.2) is 0 Å². The molecular weight excluding hydrogens is 400 g/mol. The number of imide groups is 2. The molecule has 1 aliphatic rings. The van der Waals surface area contributed by atoms with Gasteiger partial charge in [-0.2, -0.15) is 10.0 Å². The number of hydrogen-bond donors (Lipinski definition) is 0. The van der Waals surface area contributed by atoms with Crippen LogP contribution in [0.2, 0.25) is 0 Å². The molecule has 1 aliphatic heterocycles. The second kappa shape index (κ2) is 8.59. The fourth-order valence-electron chi connectivity index (χ4n) is 3.61. The lowest BCUT2D eigenvalue weighted by Crippen LogP contribution is -2.48. The highest BCUT2D eigenvalue weighted by molar-refractivity contribution is 6.24. The van der Waals surface area contributed by atoms with Crippen molar-refractivity contribution in [3.8, 4) is 11.5 Å². The third kappa shape index (κ3) is 3.54. The van der Waals surface area contributed by atoms with Crippen molar-refractivity contribution in [3.05, 3.63) is 59.7 Å². The zero-order valence-corrected chi connectivity index (χ0v) is 17.9. The van der Waals surface area contributed by atoms with Crippen LogP contribution in [0.5, 0.6) is 11.5 Å². The number of rotatable bonds is 6. The van der Waals surface area contributed by atoms with Gasteiger partial charge in [0.05, 0.1) is 14.2 Å². The minimum atomic E-state index is -1.47. The van der Waals surface area contributed by atoms with E-state index in [2.05, 4.69) is 0 Å². The summed E-state index contributed by atoms with van der Waals surface area (Å²) in [6.07, 6.45) is 0.333. The summed E-state index contributed by atoms with van der Waals surface area (Å²) in [4.78, 5) is 53.2. The Balaban J connectivity index is 2.07. The summed E-state index contributed by atoms with van der Waals surface area (Å²) >= 11 is 0. The zero-order chi connectivity index (χ0) is 22.8. The van der Waals surface area contributed by atoms with Gasteiger partial charge in [-0.3, -0.25) is 19.2 Å². The van der Waals surface area contributed by atoms with E-state index in [0.29, 0.717) is 21.5 Å². The summed E-state index contributed by atoms with van der Waals surface area (Å²) in [6, 6.07) is 12.2. The van der Waals surface area contributed by atoms with E-state index in [-0.39, 0.29) is 24.0 Å². The lowest BCUT2D eigenvalue weighted by Gasteiger charge is -2.24. The van der Waals surface area contributed by atoms with E-state index >= 15 is 0 Å². The number of carbonyl (C=O) groups excluding carboxylic acids is 4. The van der Waals surface area contributed by atoms with Crippen LogP contribution in [0.25, 0.3) is 0 Å². The summed E-state index contributed by atoms with van der Waals surface area (Å²) in [5.74, 6) is -1.86. The number of carbonyl (C=O) groups is 4. The number of benzene rings is 2. The normalized spacial score (nSPS) is 15.2. The van der Waals surface area contributed by atoms with Crippen LogP contribution in [0.3, 0.4) is 0 Å². The van der Waals surface area contributed by atoms with E-state index in [1.807, 2.05) is 0 Å². The van der Waals surface area contributed by atoms with E-state index in [0.717, 1.165) is 0 Å². The Morgan fingerprint density at radius 3 is 1.29 bits per heavy atom. The van der Waals surface area contributed by atoms with Gasteiger partial charge in [0.25, 0.3) is 23.6 Å². The van der Waals surface area contributed by atoms with Crippen molar-refractivity contribution < 1.29 is 28.7 Å². The average Bonchev–Trinajstić information content (AvgIpc) is 3.04. The van der Waals surface area contributed by atoms with Gasteiger partial charge in [-0.1, -0.05) is 13.8 Å². The van der Waals surface area contributed by atoms with Crippen LogP contribution in [0.4, 0.5) is 0 Å². The van der Waals surface area contributed by atoms with E-state index < -0.39 is 29.0 Å². The van der Waals surface area contributed by atoms with Gasteiger partial charge in [-0.05, 0) is 61.4 Å². The fourth-order valence-corrected chi connectivity index (χ4v) is 3.61. The Morgan fingerprint density at radius 1 is 0.710 bits per heavy atom. The fraction of sp³-hybridized carbons (Fsp3) is 0.304. The summed E-state index contributed by atoms with van der Waals surface area (Å²) < 4.78 is 10.2. The van der Waals surface area contributed by atoms with E-state index in [1.165, 1.54) is 38.5 Å². The van der Waals surface area contributed by atoms with Gasteiger partial charge < -0.3 is 9.47 Å². The molecule has 0 radical (unpaired) electrons. The highest BCUT2D eigenvalue weighted by atomic mass is 16.5. The molecule has 8 heteroatoms. The van der Waals surface area contributed by atoms with Crippen molar-refractivity contribution in [1.82, 2.24) is 10.0 Å². The van der Waals surface area contributed by atoms with Gasteiger partial charge in [-0.15, -0.1) is 0 Å². The molecule has 4 amide bonds. The standard InChI is InChI=1S/C23H24N2O6/c1-5-23(6-2)21(28)24(19(26)15-7-11-17(30-3)12-8-15)25(22(23)29)20(27)16-9-13-18(31-4)14-10-16/h7-14H,5-6H2,1-4H3. The van der Waals surface area contributed by atoms with Crippen LogP contribution in [0, 0.1) is 5.41 Å². The Bertz CT molecular complexity index is 930. The van der Waals surface area contributed by atoms with Crippen LogP contribution in [0.15, 0.2) is 48.5 Å². The molecule has 0 saturated carbocycles. The van der Waals surface area contributed by atoms with E-state index in [9.17, 15) is 19.2 Å². The zero-order valence-electron chi connectivity index (χ0n) is 17.9. The third-order valence-corrected chi connectivity index (χ3v) is 5.67. The van der Waals surface area contributed by atoms with Crippen LogP contribution < -0.4 is 9.47 Å². The smallest absolute Gasteiger partial charge is 0.280 e. The Morgan fingerprint density at radius 2 is 1.03 bits per heavy atom. The Kier molecular flexibility index (Phi) is 6.10. The lowest BCUT2D eigenvalue weighted by atomic mass is 9.81. The highest BCUT2D eigenvalue weighted by Gasteiger charge is 2.60. The molecule has 162 valence electrons. The SMILES string of the molecule is CCC1(CC)C(=O)N(C(=O)c2ccc(OC)cc2)N(C(=O)c2ccc(OC)cc2)C1=O. The molecule has 3 rings (SSSR count). The molecule has 2 aromatic rings. The summed E-state index contributed by atoms with van der Waals surface area (Å²) in [5, 5.41) is 1.34. The molecule has 1 heterocycles. The molecule has 0 bridgehead atoms. The second-order valence-corrected chi connectivity index (χ2v) is 7.09. The number of nitrogens with zero attached hydrogens (tertiary/aromatic N) is 2. The molecule has 0 unspecified atom stereocenters. The van der Waals surface area contributed by atoms with E-state index in [4.69, 9.17) is 9.47 Å². The highest BCUT2D eigenvalue weighted by Crippen LogP contribution is 2.39. The quantitative estimate of drug-likeness (QED) is 0.523. The molecular formula is C23H24N2O6. The lowest BCUT2D eigenvalue weighted by molar-refractivity contribution is -0.138. The van der Waals surface area contributed by atoms with Gasteiger partial charge >= 0.3 is 0 Å². The van der Waals surface area contributed by atoms with Crippen molar-refractivity contribution in [2.45, 2.75) is 26.7 Å². The number of hydrogen-bond acceptors (Lipinski definition) is 6. The van der Waals surface area contributed by atoms with Crippen LogP contribution >= 0.6 is 0 Å². The first-order valence-corrected chi connectivity index (χ1v) is 9.90. The maximum absolute atomic E-state index is 13.3. The van der Waals surface area contributed by atoms with Gasteiger partial charge in [0.2, 0.25) is 0 Å². The topological polar surface area (TPSA) is 93.2 Å². The predicted octanol–water partition coefficient (Wildman–Crippen LogP) is 3.08. The Hall–Kier alpha value is -3.68. The summed E-state index contributed by atoms with van der Waals surface area (Å²) in [7, 11) is 2.98. The summed E-state index contributed by atoms with van der Waals surface area (Å²) in [5.41, 5.74) is -1.17. The van der Waals surface area contributed by atoms with Gasteiger partial charge in [0.1, 0.15) is 16.9 Å². The molecule has 1 fully saturated rings. The monoisotopic (exact) mass is 424 g/mol. The van der Waals surface area contributed by atoms with Crippen LogP contribution in [0.1, 0.15) is 47.4 Å². The van der Waals surface area contributed by atoms with Gasteiger partial charge in [-0.25, -0.2) is 0 Å². The number of amides is 4. The number of methoxy groups -OCH3 is 2. The first-order chi connectivity index (χ1) is 14.8. The molecule has 31 heavy (non-hydrogen) atoms. The first kappa shape index (κ1) is 22.0. The second-order valence-electron chi connectivity index (χ2n) is 7.09. The molecule has 0 atom stereocenters. The van der Waals surface area contributed by atoms with Crippen LogP contribution in [-0.4, -0.2) is 47.9 Å². The third-order valence-electron chi connectivity index (χ3n) is 5.67. The minimum absolute atomic E-state index is 0.150. The van der Waals surface area contributed by atoms with Crippen molar-refractivity contribution in [2.75, 3.05) is 14.2 Å². The molecule has 0 spiro atoms. The largest absolute Gasteiger partial charge is 0.497 e. The molecule has 0 N–H and O–H groups in total. The maximum atomic E-state index is 13.3. The maximum Gasteiger partial charge on any atom is 0.280 e. The van der Waals surface area contributed by atoms with Crippen molar-refractivity contribution in [1.29, 1.82) is 0 Å². The summed E-state index contributed by atoms with van der Waals surface area (Å²) in [6.45, 7) is 3.38. The minimum Gasteiger partial charge on any atom is -0.497 e. The molecule has 2 aromatic carbocycles. The van der Waals surface area contributed by atoms with Crippen molar-refractivity contribution >= 4 is 23.6 Å². The van der Waals surface area contributed by atoms with Crippen LogP contribution in [-0.2, 0) is 9.59 Å². The average molecular weight is 424 g/mol. The number of hydrazine groups is 1. The molecule has 8 nitrogen and oxygen atoms in total. The Labute approximate surface area is 180 Å². The predicted molar refractivity (Wildman–Crippen MR) is 111 cm³/mol. The molecule has 0 aliphatic carbocycles. The van der Waals surface area contributed by atoms with E-state index in [1.54, 1.807) is 38.1 Å². The molecule has 1 saturated heterocycles. The van der Waals surface area contributed by atoms with Crippen molar-refractivity contribution in [2.24, 2.45) is 5.41 Å².